The van der Waals surface area contributed by atoms with Gasteiger partial charge in [0.25, 0.3) is 0 Å². The van der Waals surface area contributed by atoms with Crippen LogP contribution in [0.15, 0.2) is 0 Å². The van der Waals surface area contributed by atoms with Gasteiger partial charge in [0.1, 0.15) is 0 Å². The van der Waals surface area contributed by atoms with E-state index in [2.05, 4.69) is 0 Å². The van der Waals surface area contributed by atoms with E-state index in [4.69, 9.17) is 0 Å². The van der Waals surface area contributed by atoms with Crippen LogP contribution < -0.4 is 0 Å². The van der Waals surface area contributed by atoms with E-state index >= 15 is 0 Å². The predicted molar refractivity (Wildman–Crippen MR) is 65.1 cm³/mol. The third kappa shape index (κ3) is 89.2. The molecule has 0 fully saturated rings. The summed E-state index contributed by atoms with van der Waals surface area (Å²) in [4.78, 5) is 0. The van der Waals surface area contributed by atoms with Crippen LogP contribution in [0.25, 0.3) is 0 Å². The molecule has 0 bridgehead atoms. The molecule has 0 amide bonds. The van der Waals surface area contributed by atoms with Gasteiger partial charge in [0.15, 0.2) is 0 Å². The average molecular weight is 316 g/mol. The van der Waals surface area contributed by atoms with Gasteiger partial charge in [-0.3, -0.25) is 0 Å². The van der Waals surface area contributed by atoms with Gasteiger partial charge in [-0.05, 0) is 0 Å². The van der Waals surface area contributed by atoms with E-state index in [1.807, 2.05) is 0 Å². The zero-order valence-electron chi connectivity index (χ0n) is 3.27. The molecule has 9 heavy (non-hydrogen) atoms. The summed E-state index contributed by atoms with van der Waals surface area (Å²) in [6.07, 6.45) is 0. The first-order valence-corrected chi connectivity index (χ1v) is 0. The summed E-state index contributed by atoms with van der Waals surface area (Å²) >= 11 is 0. The van der Waals surface area contributed by atoms with Crippen LogP contribution in [0.1, 0.15) is 0 Å². The van der Waals surface area contributed by atoms with Crippen molar-refractivity contribution in [2.24, 2.45) is 0 Å². The summed E-state index contributed by atoms with van der Waals surface area (Å²) in [7, 11) is 0. The second-order valence-electron chi connectivity index (χ2n) is 0. The third-order valence-electron chi connectivity index (χ3n) is 0. The van der Waals surface area contributed by atoms with Gasteiger partial charge in [0.2, 0.25) is 0 Å². The maximum atomic E-state index is 0. The van der Waals surface area contributed by atoms with E-state index in [9.17, 15) is 0 Å². The molecule has 0 heterocycles. The van der Waals surface area contributed by atoms with Gasteiger partial charge in [0, 0.05) is 0 Å². The van der Waals surface area contributed by atoms with E-state index < -0.39 is 0 Å². The Bertz CT molecular complexity index is 4.53. The van der Waals surface area contributed by atoms with Gasteiger partial charge < -0.3 is 0 Å². The van der Waals surface area contributed by atoms with Crippen molar-refractivity contribution in [3.8, 4) is 0 Å². The Morgan fingerprint density at radius 1 is 0.222 bits per heavy atom. The maximum absolute atomic E-state index is 0. The minimum atomic E-state index is 0. The van der Waals surface area contributed by atoms with Crippen molar-refractivity contribution in [1.29, 1.82) is 0 Å². The van der Waals surface area contributed by atoms with Gasteiger partial charge >= 0.3 is 29.6 Å². The second kappa shape index (κ2) is 109. The van der Waals surface area contributed by atoms with Crippen molar-refractivity contribution < 1.29 is 0 Å². The van der Waals surface area contributed by atoms with Crippen LogP contribution >= 0.6 is 99.3 Å². The summed E-state index contributed by atoms with van der Waals surface area (Å²) in [5.41, 5.74) is 0. The molecule has 0 unspecified atom stereocenters. The molecular formula is H9Cl8Na. The molecule has 0 radical (unpaired) electrons. The molecule has 0 spiro atoms. The van der Waals surface area contributed by atoms with Crippen molar-refractivity contribution in [2.75, 3.05) is 0 Å². The van der Waals surface area contributed by atoms with Gasteiger partial charge in [0.05, 0.1) is 0 Å². The minimum absolute atomic E-state index is 0. The van der Waals surface area contributed by atoms with E-state index in [-0.39, 0.29) is 129 Å². The molecule has 0 N–H and O–H groups in total. The fourth-order valence-corrected chi connectivity index (χ4v) is 0. The van der Waals surface area contributed by atoms with Crippen molar-refractivity contribution in [3.63, 3.8) is 0 Å². The Hall–Kier alpha value is 3.32. The molecule has 0 saturated heterocycles. The molecule has 0 aliphatic heterocycles. The normalized spacial score (nSPS) is 0. The monoisotopic (exact) mass is 312 g/mol. The van der Waals surface area contributed by atoms with Crippen LogP contribution in [0.2, 0.25) is 0 Å². The zero-order valence-corrected chi connectivity index (χ0v) is 9.80. The van der Waals surface area contributed by atoms with Crippen molar-refractivity contribution in [3.05, 3.63) is 0 Å². The number of rotatable bonds is 0. The van der Waals surface area contributed by atoms with E-state index in [1.165, 1.54) is 0 Å². The predicted octanol–water partition coefficient (Wildman–Crippen LogP) is 2.73. The van der Waals surface area contributed by atoms with Crippen LogP contribution in [0.4, 0.5) is 0 Å². The summed E-state index contributed by atoms with van der Waals surface area (Å²) < 4.78 is 0. The number of hydrogen-bond acceptors (Lipinski definition) is 0. The summed E-state index contributed by atoms with van der Waals surface area (Å²) in [5, 5.41) is 0. The summed E-state index contributed by atoms with van der Waals surface area (Å²) in [6.45, 7) is 0. The summed E-state index contributed by atoms with van der Waals surface area (Å²) in [5.74, 6) is 0. The average Bonchev–Trinajstić information content (AvgIpc) is 0. The van der Waals surface area contributed by atoms with Crippen LogP contribution in [0, 0.1) is 0 Å². The van der Waals surface area contributed by atoms with Gasteiger partial charge in [-0.25, -0.2) is 0 Å². The first kappa shape index (κ1) is 143. The first-order chi connectivity index (χ1) is 0. The fourth-order valence-electron chi connectivity index (χ4n) is 0. The molecular weight excluding hydrogens is 307 g/mol. The van der Waals surface area contributed by atoms with Crippen LogP contribution in [-0.4, -0.2) is 29.6 Å². The Morgan fingerprint density at radius 3 is 0.222 bits per heavy atom. The van der Waals surface area contributed by atoms with E-state index in [0.717, 1.165) is 0 Å². The van der Waals surface area contributed by atoms with Crippen molar-refractivity contribution in [1.82, 2.24) is 0 Å². The first-order valence-electron chi connectivity index (χ1n) is 0. The molecule has 0 rings (SSSR count). The number of halogens is 8. The second-order valence-corrected chi connectivity index (χ2v) is 0. The molecule has 0 aromatic rings. The summed E-state index contributed by atoms with van der Waals surface area (Å²) in [6, 6.07) is 0. The Morgan fingerprint density at radius 2 is 0.222 bits per heavy atom. The van der Waals surface area contributed by atoms with Gasteiger partial charge in [-0.15, -0.1) is 99.3 Å². The van der Waals surface area contributed by atoms with Crippen LogP contribution in [-0.2, 0) is 0 Å². The Kier molecular flexibility index (Phi) is 1740. The van der Waals surface area contributed by atoms with E-state index in [1.54, 1.807) is 0 Å². The van der Waals surface area contributed by atoms with Gasteiger partial charge in [-0.2, -0.15) is 0 Å². The third-order valence-corrected chi connectivity index (χ3v) is 0. The van der Waals surface area contributed by atoms with Crippen molar-refractivity contribution in [2.45, 2.75) is 0 Å². The molecule has 0 aliphatic carbocycles. The van der Waals surface area contributed by atoms with E-state index in [0.29, 0.717) is 0 Å². The standard InChI is InChI=1S/8ClH.Na.H/h8*1H;;. The molecule has 0 aromatic carbocycles. The van der Waals surface area contributed by atoms with Crippen LogP contribution in [0.5, 0.6) is 0 Å². The zero-order chi connectivity index (χ0) is 0. The molecule has 0 aliphatic rings. The quantitative estimate of drug-likeness (QED) is 0.603. The Labute approximate surface area is 127 Å². The molecule has 0 saturated carbocycles. The molecule has 66 valence electrons. The van der Waals surface area contributed by atoms with Crippen LogP contribution in [0.3, 0.4) is 0 Å². The molecule has 0 atom stereocenters. The number of hydrogen-bond donors (Lipinski definition) is 0. The SMILES string of the molecule is Cl.Cl.Cl.Cl.Cl.Cl.Cl.Cl.[NaH]. The van der Waals surface area contributed by atoms with Gasteiger partial charge in [-0.1, -0.05) is 0 Å². The molecule has 9 heteroatoms. The fraction of sp³-hybridized carbons (Fsp3) is 0. The topological polar surface area (TPSA) is 0 Å². The Balaban J connectivity index is 0. The molecule has 0 aromatic heterocycles. The van der Waals surface area contributed by atoms with Crippen molar-refractivity contribution >= 4 is 129 Å². The molecule has 0 nitrogen and oxygen atoms in total.